The lowest BCUT2D eigenvalue weighted by molar-refractivity contribution is -0.158. The first-order chi connectivity index (χ1) is 9.86. The van der Waals surface area contributed by atoms with Gasteiger partial charge in [-0.05, 0) is 45.7 Å². The van der Waals surface area contributed by atoms with Crippen molar-refractivity contribution in [1.82, 2.24) is 10.2 Å². The van der Waals surface area contributed by atoms with Crippen molar-refractivity contribution in [3.05, 3.63) is 23.7 Å². The maximum atomic E-state index is 13.0. The van der Waals surface area contributed by atoms with Crippen molar-refractivity contribution >= 4 is 11.8 Å². The van der Waals surface area contributed by atoms with Crippen molar-refractivity contribution < 1.29 is 14.0 Å². The molecule has 116 valence electrons. The lowest BCUT2D eigenvalue weighted by Gasteiger charge is -2.46. The van der Waals surface area contributed by atoms with E-state index in [-0.39, 0.29) is 17.9 Å². The normalized spacial score (nSPS) is 23.1. The summed E-state index contributed by atoms with van der Waals surface area (Å²) < 4.78 is 5.64. The zero-order chi connectivity index (χ0) is 15.8. The number of piperazine rings is 1. The zero-order valence-electron chi connectivity index (χ0n) is 13.4. The van der Waals surface area contributed by atoms with Crippen LogP contribution in [0.5, 0.6) is 0 Å². The predicted molar refractivity (Wildman–Crippen MR) is 79.6 cm³/mol. The van der Waals surface area contributed by atoms with Gasteiger partial charge in [-0.15, -0.1) is 0 Å². The number of furan rings is 1. The Kier molecular flexibility index (Phi) is 4.12. The third-order valence-electron chi connectivity index (χ3n) is 4.60. The van der Waals surface area contributed by atoms with Crippen LogP contribution in [0.15, 0.2) is 16.5 Å². The Morgan fingerprint density at radius 2 is 1.95 bits per heavy atom. The van der Waals surface area contributed by atoms with Gasteiger partial charge in [0, 0.05) is 0 Å². The highest BCUT2D eigenvalue weighted by molar-refractivity contribution is 5.99. The number of aryl methyl sites for hydroxylation is 1. The van der Waals surface area contributed by atoms with Gasteiger partial charge in [0.15, 0.2) is 0 Å². The molecule has 1 aliphatic rings. The van der Waals surface area contributed by atoms with E-state index in [9.17, 15) is 9.59 Å². The first kappa shape index (κ1) is 15.6. The van der Waals surface area contributed by atoms with E-state index in [4.69, 9.17) is 4.42 Å². The van der Waals surface area contributed by atoms with Crippen molar-refractivity contribution in [2.45, 2.75) is 65.1 Å². The molecule has 21 heavy (non-hydrogen) atoms. The lowest BCUT2D eigenvalue weighted by Crippen LogP contribution is -2.69. The third kappa shape index (κ3) is 2.45. The first-order valence-electron chi connectivity index (χ1n) is 7.57. The Balaban J connectivity index is 2.39. The summed E-state index contributed by atoms with van der Waals surface area (Å²) in [6.45, 7) is 9.39. The van der Waals surface area contributed by atoms with Crippen molar-refractivity contribution in [3.63, 3.8) is 0 Å². The molecule has 1 fully saturated rings. The Hall–Kier alpha value is -1.78. The van der Waals surface area contributed by atoms with E-state index in [2.05, 4.69) is 5.32 Å². The largest absolute Gasteiger partial charge is 0.464 e. The van der Waals surface area contributed by atoms with Gasteiger partial charge in [0.2, 0.25) is 11.8 Å². The quantitative estimate of drug-likeness (QED) is 0.927. The second kappa shape index (κ2) is 5.54. The first-order valence-corrected chi connectivity index (χ1v) is 7.57. The smallest absolute Gasteiger partial charge is 0.249 e. The van der Waals surface area contributed by atoms with E-state index < -0.39 is 11.6 Å². The number of amides is 2. The second-order valence-corrected chi connectivity index (χ2v) is 5.79. The van der Waals surface area contributed by atoms with Gasteiger partial charge in [0.1, 0.15) is 23.1 Å². The van der Waals surface area contributed by atoms with Crippen LogP contribution in [-0.4, -0.2) is 28.3 Å². The molecule has 0 aromatic carbocycles. The molecular weight excluding hydrogens is 268 g/mol. The van der Waals surface area contributed by atoms with Crippen LogP contribution >= 0.6 is 0 Å². The summed E-state index contributed by atoms with van der Waals surface area (Å²) in [6.07, 6.45) is 1.17. The summed E-state index contributed by atoms with van der Waals surface area (Å²) >= 11 is 0. The summed E-state index contributed by atoms with van der Waals surface area (Å²) in [5, 5.41) is 2.91. The fraction of sp³-hybridized carbons (Fsp3) is 0.625. The number of carbonyl (C=O) groups is 2. The molecule has 1 aromatic rings. The van der Waals surface area contributed by atoms with E-state index in [0.29, 0.717) is 18.6 Å². The molecule has 2 amide bonds. The molecule has 2 unspecified atom stereocenters. The van der Waals surface area contributed by atoms with E-state index in [1.807, 2.05) is 39.8 Å². The molecule has 2 rings (SSSR count). The number of hydrogen-bond acceptors (Lipinski definition) is 3. The van der Waals surface area contributed by atoms with Crippen LogP contribution in [0.3, 0.4) is 0 Å². The Labute approximate surface area is 125 Å². The van der Waals surface area contributed by atoms with Gasteiger partial charge in [-0.1, -0.05) is 13.8 Å². The van der Waals surface area contributed by atoms with Crippen LogP contribution in [0.4, 0.5) is 0 Å². The minimum absolute atomic E-state index is 0.0267. The highest BCUT2D eigenvalue weighted by atomic mass is 16.3. The Morgan fingerprint density at radius 1 is 1.33 bits per heavy atom. The van der Waals surface area contributed by atoms with Gasteiger partial charge in [0.25, 0.3) is 0 Å². The summed E-state index contributed by atoms with van der Waals surface area (Å²) in [5.41, 5.74) is -0.792. The van der Waals surface area contributed by atoms with Crippen molar-refractivity contribution in [2.75, 3.05) is 0 Å². The average molecular weight is 292 g/mol. The van der Waals surface area contributed by atoms with Gasteiger partial charge in [-0.2, -0.15) is 0 Å². The van der Waals surface area contributed by atoms with Gasteiger partial charge in [-0.3, -0.25) is 9.59 Å². The molecule has 5 heteroatoms. The van der Waals surface area contributed by atoms with Crippen molar-refractivity contribution in [1.29, 1.82) is 0 Å². The standard InChI is InChI=1S/C16H24N2O3/c1-6-16(7-2)15(20)18(12(5)14(19)17-16)11(4)13-9-8-10(3)21-13/h8-9,11-12H,6-7H2,1-5H3,(H,17,19). The summed E-state index contributed by atoms with van der Waals surface area (Å²) in [7, 11) is 0. The minimum atomic E-state index is -0.792. The number of nitrogens with one attached hydrogen (secondary N) is 1. The maximum Gasteiger partial charge on any atom is 0.249 e. The fourth-order valence-electron chi connectivity index (χ4n) is 3.00. The molecule has 1 saturated heterocycles. The molecule has 0 spiro atoms. The summed E-state index contributed by atoms with van der Waals surface area (Å²) in [6, 6.07) is 2.98. The topological polar surface area (TPSA) is 62.6 Å². The van der Waals surface area contributed by atoms with E-state index >= 15 is 0 Å². The fourth-order valence-corrected chi connectivity index (χ4v) is 3.00. The highest BCUT2D eigenvalue weighted by Gasteiger charge is 2.49. The van der Waals surface area contributed by atoms with Crippen molar-refractivity contribution in [3.8, 4) is 0 Å². The van der Waals surface area contributed by atoms with Gasteiger partial charge < -0.3 is 14.6 Å². The molecule has 2 atom stereocenters. The van der Waals surface area contributed by atoms with E-state index in [0.717, 1.165) is 5.76 Å². The average Bonchev–Trinajstić information content (AvgIpc) is 2.90. The van der Waals surface area contributed by atoms with Crippen LogP contribution in [0, 0.1) is 6.92 Å². The molecule has 0 aliphatic carbocycles. The minimum Gasteiger partial charge on any atom is -0.464 e. The van der Waals surface area contributed by atoms with Gasteiger partial charge in [0.05, 0.1) is 6.04 Å². The zero-order valence-corrected chi connectivity index (χ0v) is 13.4. The maximum absolute atomic E-state index is 13.0. The van der Waals surface area contributed by atoms with Crippen LogP contribution < -0.4 is 5.32 Å². The second-order valence-electron chi connectivity index (χ2n) is 5.79. The number of rotatable bonds is 4. The number of hydrogen-bond donors (Lipinski definition) is 1. The molecule has 0 radical (unpaired) electrons. The van der Waals surface area contributed by atoms with E-state index in [1.165, 1.54) is 0 Å². The summed E-state index contributed by atoms with van der Waals surface area (Å²) in [4.78, 5) is 26.9. The van der Waals surface area contributed by atoms with Crippen molar-refractivity contribution in [2.24, 2.45) is 0 Å². The lowest BCUT2D eigenvalue weighted by atomic mass is 9.86. The molecule has 1 N–H and O–H groups in total. The summed E-state index contributed by atoms with van der Waals surface area (Å²) in [5.74, 6) is 1.38. The molecule has 1 aliphatic heterocycles. The van der Waals surface area contributed by atoms with Crippen LogP contribution in [0.25, 0.3) is 0 Å². The molecule has 0 bridgehead atoms. The number of carbonyl (C=O) groups excluding carboxylic acids is 2. The van der Waals surface area contributed by atoms with Gasteiger partial charge >= 0.3 is 0 Å². The molecule has 2 heterocycles. The number of nitrogens with zero attached hydrogens (tertiary/aromatic N) is 1. The van der Waals surface area contributed by atoms with E-state index in [1.54, 1.807) is 11.8 Å². The predicted octanol–water partition coefficient (Wildman–Crippen LogP) is 2.55. The van der Waals surface area contributed by atoms with Gasteiger partial charge in [-0.25, -0.2) is 0 Å². The molecule has 1 aromatic heterocycles. The third-order valence-corrected chi connectivity index (χ3v) is 4.60. The van der Waals surface area contributed by atoms with Crippen LogP contribution in [0.2, 0.25) is 0 Å². The SMILES string of the molecule is CCC1(CC)NC(=O)C(C)N(C(C)c2ccc(C)o2)C1=O. The molecule has 5 nitrogen and oxygen atoms in total. The monoisotopic (exact) mass is 292 g/mol. The Morgan fingerprint density at radius 3 is 2.43 bits per heavy atom. The molecule has 0 saturated carbocycles. The van der Waals surface area contributed by atoms with Crippen LogP contribution in [0.1, 0.15) is 58.1 Å². The van der Waals surface area contributed by atoms with Crippen LogP contribution in [-0.2, 0) is 9.59 Å². The Bertz CT molecular complexity index is 545. The highest BCUT2D eigenvalue weighted by Crippen LogP contribution is 2.32. The molecular formula is C16H24N2O3.